The molecule has 5 heteroatoms. The summed E-state index contributed by atoms with van der Waals surface area (Å²) in [6.45, 7) is 7.68. The van der Waals surface area contributed by atoms with Crippen molar-refractivity contribution >= 4 is 11.9 Å². The van der Waals surface area contributed by atoms with Gasteiger partial charge in [-0.3, -0.25) is 9.59 Å². The van der Waals surface area contributed by atoms with E-state index in [4.69, 9.17) is 5.11 Å². The number of hydrogen-bond acceptors (Lipinski definition) is 3. The summed E-state index contributed by atoms with van der Waals surface area (Å²) in [6, 6.07) is 0. The number of carboxylic acids is 1. The molecule has 0 aliphatic heterocycles. The van der Waals surface area contributed by atoms with Crippen molar-refractivity contribution in [2.75, 3.05) is 26.2 Å². The van der Waals surface area contributed by atoms with Crippen LogP contribution in [0.4, 0.5) is 0 Å². The summed E-state index contributed by atoms with van der Waals surface area (Å²) in [6.07, 6.45) is 1.60. The molecule has 1 aliphatic carbocycles. The van der Waals surface area contributed by atoms with Crippen LogP contribution in [0.25, 0.3) is 0 Å². The lowest BCUT2D eigenvalue weighted by molar-refractivity contribution is -0.140. The van der Waals surface area contributed by atoms with Crippen LogP contribution < -0.4 is 5.32 Å². The Bertz CT molecular complexity index is 281. The maximum Gasteiger partial charge on any atom is 0.307 e. The van der Waals surface area contributed by atoms with Crippen LogP contribution in [0.2, 0.25) is 0 Å². The lowest BCUT2D eigenvalue weighted by Gasteiger charge is -2.19. The van der Waals surface area contributed by atoms with Gasteiger partial charge in [0.1, 0.15) is 0 Å². The SMILES string of the molecule is CCCN(CC)CCNC(=O)[C@@H]1C[C@@H]1C(=O)O. The van der Waals surface area contributed by atoms with Crippen molar-refractivity contribution in [2.45, 2.75) is 26.7 Å². The molecule has 0 aromatic carbocycles. The van der Waals surface area contributed by atoms with Gasteiger partial charge >= 0.3 is 5.97 Å². The molecule has 0 unspecified atom stereocenters. The average Bonchev–Trinajstić information content (AvgIpc) is 3.07. The van der Waals surface area contributed by atoms with Gasteiger partial charge in [-0.1, -0.05) is 13.8 Å². The number of hydrogen-bond donors (Lipinski definition) is 2. The van der Waals surface area contributed by atoms with E-state index in [0.717, 1.165) is 26.1 Å². The minimum Gasteiger partial charge on any atom is -0.481 e. The van der Waals surface area contributed by atoms with Crippen molar-refractivity contribution in [3.8, 4) is 0 Å². The quantitative estimate of drug-likeness (QED) is 0.652. The summed E-state index contributed by atoms with van der Waals surface area (Å²) >= 11 is 0. The molecule has 1 aliphatic rings. The first-order valence-electron chi connectivity index (χ1n) is 6.33. The zero-order valence-corrected chi connectivity index (χ0v) is 10.6. The predicted octanol–water partition coefficient (Wildman–Crippen LogP) is 0.555. The smallest absolute Gasteiger partial charge is 0.307 e. The maximum atomic E-state index is 11.6. The molecular formula is C12H22N2O3. The highest BCUT2D eigenvalue weighted by atomic mass is 16.4. The Morgan fingerprint density at radius 1 is 1.29 bits per heavy atom. The Morgan fingerprint density at radius 3 is 2.47 bits per heavy atom. The van der Waals surface area contributed by atoms with E-state index >= 15 is 0 Å². The van der Waals surface area contributed by atoms with Crippen LogP contribution in [0.1, 0.15) is 26.7 Å². The fourth-order valence-corrected chi connectivity index (χ4v) is 1.97. The lowest BCUT2D eigenvalue weighted by Crippen LogP contribution is -2.36. The molecule has 0 aromatic heterocycles. The number of aliphatic carboxylic acids is 1. The Morgan fingerprint density at radius 2 is 2.00 bits per heavy atom. The molecule has 0 radical (unpaired) electrons. The standard InChI is InChI=1S/C12H22N2O3/c1-3-6-14(4-2)7-5-13-11(15)9-8-10(9)12(16)17/h9-10H,3-8H2,1-2H3,(H,13,15)(H,16,17)/t9-,10+/m1/s1. The summed E-state index contributed by atoms with van der Waals surface area (Å²) in [5, 5.41) is 11.5. The normalized spacial score (nSPS) is 22.5. The van der Waals surface area contributed by atoms with Crippen molar-refractivity contribution in [3.63, 3.8) is 0 Å². The molecule has 0 spiro atoms. The third kappa shape index (κ3) is 4.34. The van der Waals surface area contributed by atoms with E-state index in [2.05, 4.69) is 24.1 Å². The Hall–Kier alpha value is -1.10. The number of carboxylic acid groups (broad SMARTS) is 1. The number of carbonyl (C=O) groups is 2. The lowest BCUT2D eigenvalue weighted by atomic mass is 10.3. The largest absolute Gasteiger partial charge is 0.481 e. The van der Waals surface area contributed by atoms with E-state index in [1.165, 1.54) is 0 Å². The fraction of sp³-hybridized carbons (Fsp3) is 0.833. The van der Waals surface area contributed by atoms with Crippen molar-refractivity contribution in [1.82, 2.24) is 10.2 Å². The number of rotatable bonds is 8. The first kappa shape index (κ1) is 14.0. The van der Waals surface area contributed by atoms with E-state index in [9.17, 15) is 9.59 Å². The van der Waals surface area contributed by atoms with Gasteiger partial charge in [-0.2, -0.15) is 0 Å². The van der Waals surface area contributed by atoms with Gasteiger partial charge in [-0.05, 0) is 25.9 Å². The summed E-state index contributed by atoms with van der Waals surface area (Å²) in [7, 11) is 0. The van der Waals surface area contributed by atoms with Gasteiger partial charge in [0.2, 0.25) is 5.91 Å². The van der Waals surface area contributed by atoms with E-state index in [0.29, 0.717) is 13.0 Å². The van der Waals surface area contributed by atoms with Gasteiger partial charge in [-0.25, -0.2) is 0 Å². The van der Waals surface area contributed by atoms with Crippen LogP contribution in [-0.2, 0) is 9.59 Å². The number of amides is 1. The van der Waals surface area contributed by atoms with Gasteiger partial charge in [-0.15, -0.1) is 0 Å². The highest BCUT2D eigenvalue weighted by Gasteiger charge is 2.48. The van der Waals surface area contributed by atoms with Gasteiger partial charge in [0.05, 0.1) is 11.8 Å². The molecule has 1 rings (SSSR count). The van der Waals surface area contributed by atoms with Crippen molar-refractivity contribution in [3.05, 3.63) is 0 Å². The molecule has 1 amide bonds. The second-order valence-electron chi connectivity index (χ2n) is 4.51. The fourth-order valence-electron chi connectivity index (χ4n) is 1.97. The molecular weight excluding hydrogens is 220 g/mol. The number of nitrogens with one attached hydrogen (secondary N) is 1. The molecule has 0 saturated heterocycles. The minimum absolute atomic E-state index is 0.107. The van der Waals surface area contributed by atoms with Crippen molar-refractivity contribution < 1.29 is 14.7 Å². The van der Waals surface area contributed by atoms with Crippen LogP contribution in [0.15, 0.2) is 0 Å². The predicted molar refractivity (Wildman–Crippen MR) is 64.6 cm³/mol. The van der Waals surface area contributed by atoms with Crippen molar-refractivity contribution in [1.29, 1.82) is 0 Å². The second kappa shape index (κ2) is 6.59. The molecule has 0 heterocycles. The molecule has 1 fully saturated rings. The summed E-state index contributed by atoms with van der Waals surface area (Å²) < 4.78 is 0. The molecule has 2 N–H and O–H groups in total. The first-order chi connectivity index (χ1) is 8.10. The molecule has 1 saturated carbocycles. The van der Waals surface area contributed by atoms with Crippen LogP contribution in [-0.4, -0.2) is 48.1 Å². The van der Waals surface area contributed by atoms with Crippen molar-refractivity contribution in [2.24, 2.45) is 11.8 Å². The first-order valence-corrected chi connectivity index (χ1v) is 6.33. The summed E-state index contributed by atoms with van der Waals surface area (Å²) in [4.78, 5) is 24.4. The maximum absolute atomic E-state index is 11.6. The molecule has 5 nitrogen and oxygen atoms in total. The topological polar surface area (TPSA) is 69.6 Å². The van der Waals surface area contributed by atoms with Gasteiger partial charge in [0.25, 0.3) is 0 Å². The van der Waals surface area contributed by atoms with E-state index < -0.39 is 11.9 Å². The Labute approximate surface area is 102 Å². The van der Waals surface area contributed by atoms with E-state index in [1.54, 1.807) is 0 Å². The minimum atomic E-state index is -0.855. The van der Waals surface area contributed by atoms with Gasteiger partial charge in [0, 0.05) is 13.1 Å². The average molecular weight is 242 g/mol. The van der Waals surface area contributed by atoms with Crippen LogP contribution in [0, 0.1) is 11.8 Å². The molecule has 0 aromatic rings. The zero-order chi connectivity index (χ0) is 12.8. The number of nitrogens with zero attached hydrogens (tertiary/aromatic N) is 1. The second-order valence-corrected chi connectivity index (χ2v) is 4.51. The highest BCUT2D eigenvalue weighted by Crippen LogP contribution is 2.38. The third-order valence-electron chi connectivity index (χ3n) is 3.16. The van der Waals surface area contributed by atoms with E-state index in [1.807, 2.05) is 0 Å². The number of carbonyl (C=O) groups excluding carboxylic acids is 1. The van der Waals surface area contributed by atoms with E-state index in [-0.39, 0.29) is 11.8 Å². The Kier molecular flexibility index (Phi) is 5.41. The summed E-state index contributed by atoms with van der Waals surface area (Å²) in [5.41, 5.74) is 0. The summed E-state index contributed by atoms with van der Waals surface area (Å²) in [5.74, 6) is -1.71. The van der Waals surface area contributed by atoms with Crippen LogP contribution in [0.5, 0.6) is 0 Å². The highest BCUT2D eigenvalue weighted by molar-refractivity contribution is 5.89. The monoisotopic (exact) mass is 242 g/mol. The van der Waals surface area contributed by atoms with Crippen LogP contribution >= 0.6 is 0 Å². The third-order valence-corrected chi connectivity index (χ3v) is 3.16. The molecule has 2 atom stereocenters. The Balaban J connectivity index is 2.14. The molecule has 98 valence electrons. The molecule has 0 bridgehead atoms. The van der Waals surface area contributed by atoms with Gasteiger partial charge < -0.3 is 15.3 Å². The van der Waals surface area contributed by atoms with Gasteiger partial charge in [0.15, 0.2) is 0 Å². The molecule has 17 heavy (non-hydrogen) atoms. The number of likely N-dealkylation sites (N-methyl/N-ethyl adjacent to an activating group) is 1. The van der Waals surface area contributed by atoms with Crippen LogP contribution in [0.3, 0.4) is 0 Å². The zero-order valence-electron chi connectivity index (χ0n) is 10.6.